The Morgan fingerprint density at radius 2 is 2.04 bits per heavy atom. The number of piperidine rings is 1. The highest BCUT2D eigenvalue weighted by Crippen LogP contribution is 2.31. The Hall–Kier alpha value is -1.37. The van der Waals surface area contributed by atoms with Gasteiger partial charge in [0.2, 0.25) is 0 Å². The molecule has 2 aromatic rings. The molecule has 7 heteroatoms. The van der Waals surface area contributed by atoms with Crippen molar-refractivity contribution in [2.45, 2.75) is 38.8 Å². The summed E-state index contributed by atoms with van der Waals surface area (Å²) in [4.78, 5) is 6.69. The maximum absolute atomic E-state index is 10.6. The second-order valence-corrected chi connectivity index (χ2v) is 7.01. The van der Waals surface area contributed by atoms with Gasteiger partial charge in [0.1, 0.15) is 17.1 Å². The molecule has 0 amide bonds. The lowest BCUT2D eigenvalue weighted by atomic mass is 9.90. The molecule has 0 radical (unpaired) electrons. The van der Waals surface area contributed by atoms with Crippen LogP contribution in [-0.4, -0.2) is 42.4 Å². The van der Waals surface area contributed by atoms with Gasteiger partial charge in [-0.3, -0.25) is 9.58 Å². The van der Waals surface area contributed by atoms with Gasteiger partial charge in [-0.25, -0.2) is 4.98 Å². The monoisotopic (exact) mass is 351 g/mol. The van der Waals surface area contributed by atoms with Crippen LogP contribution in [0.4, 0.5) is 0 Å². The summed E-state index contributed by atoms with van der Waals surface area (Å²) < 4.78 is 3.66. The van der Waals surface area contributed by atoms with Gasteiger partial charge in [-0.1, -0.05) is 18.5 Å². The molecule has 1 saturated heterocycles. The predicted octanol–water partition coefficient (Wildman–Crippen LogP) is 2.32. The molecule has 1 aliphatic rings. The van der Waals surface area contributed by atoms with Crippen LogP contribution in [0, 0.1) is 5.92 Å². The van der Waals surface area contributed by atoms with Gasteiger partial charge in [0.25, 0.3) is 0 Å². The second kappa shape index (κ2) is 7.25. The molecule has 3 rings (SSSR count). The van der Waals surface area contributed by atoms with Crippen molar-refractivity contribution in [3.8, 4) is 0 Å². The number of aryl methyl sites for hydroxylation is 3. The minimum atomic E-state index is -0.486. The number of aromatic nitrogens is 4. The molecule has 0 aromatic carbocycles. The van der Waals surface area contributed by atoms with E-state index in [2.05, 4.69) is 21.9 Å². The van der Waals surface area contributed by atoms with Gasteiger partial charge in [0, 0.05) is 38.6 Å². The molecule has 1 fully saturated rings. The van der Waals surface area contributed by atoms with E-state index in [9.17, 15) is 5.11 Å². The summed E-state index contributed by atoms with van der Waals surface area (Å²) >= 11 is 6.40. The van der Waals surface area contributed by atoms with E-state index in [1.54, 1.807) is 10.9 Å². The first-order valence-corrected chi connectivity index (χ1v) is 8.97. The number of halogens is 1. The van der Waals surface area contributed by atoms with Crippen molar-refractivity contribution >= 4 is 11.6 Å². The standard InChI is InChI=1S/C17H26ClN5O/c1-4-14-13(16(18)22(3)20-14)11-23-8-5-12(6-9-23)15(24)17-19-7-10-21(17)2/h7,10,12,15,24H,4-6,8-9,11H2,1-3H3. The van der Waals surface area contributed by atoms with Gasteiger partial charge >= 0.3 is 0 Å². The highest BCUT2D eigenvalue weighted by Gasteiger charge is 2.29. The van der Waals surface area contributed by atoms with Gasteiger partial charge in [-0.2, -0.15) is 5.10 Å². The van der Waals surface area contributed by atoms with E-state index in [1.165, 1.54) is 0 Å². The van der Waals surface area contributed by atoms with Crippen molar-refractivity contribution in [3.63, 3.8) is 0 Å². The summed E-state index contributed by atoms with van der Waals surface area (Å²) in [7, 11) is 3.82. The topological polar surface area (TPSA) is 59.1 Å². The summed E-state index contributed by atoms with van der Waals surface area (Å²) in [5.41, 5.74) is 2.22. The summed E-state index contributed by atoms with van der Waals surface area (Å²) in [5.74, 6) is 1.02. The van der Waals surface area contributed by atoms with E-state index in [4.69, 9.17) is 11.6 Å². The quantitative estimate of drug-likeness (QED) is 0.898. The van der Waals surface area contributed by atoms with Crippen LogP contribution in [0.15, 0.2) is 12.4 Å². The number of rotatable bonds is 5. The smallest absolute Gasteiger partial charge is 0.137 e. The summed E-state index contributed by atoms with van der Waals surface area (Å²) in [6, 6.07) is 0. The van der Waals surface area contributed by atoms with E-state index in [0.717, 1.165) is 61.1 Å². The van der Waals surface area contributed by atoms with Gasteiger partial charge in [0.05, 0.1) is 5.69 Å². The van der Waals surface area contributed by atoms with Crippen molar-refractivity contribution in [1.82, 2.24) is 24.2 Å². The number of imidazole rings is 1. The lowest BCUT2D eigenvalue weighted by molar-refractivity contribution is 0.0491. The zero-order chi connectivity index (χ0) is 17.3. The fourth-order valence-corrected chi connectivity index (χ4v) is 3.77. The van der Waals surface area contributed by atoms with E-state index in [1.807, 2.05) is 24.9 Å². The van der Waals surface area contributed by atoms with Gasteiger partial charge < -0.3 is 9.67 Å². The molecule has 1 aliphatic heterocycles. The van der Waals surface area contributed by atoms with Crippen molar-refractivity contribution in [1.29, 1.82) is 0 Å². The molecule has 0 saturated carbocycles. The number of aliphatic hydroxyl groups excluding tert-OH is 1. The average molecular weight is 352 g/mol. The normalized spacial score (nSPS) is 18.2. The maximum atomic E-state index is 10.6. The van der Waals surface area contributed by atoms with Gasteiger partial charge in [-0.15, -0.1) is 0 Å². The first-order chi connectivity index (χ1) is 11.5. The molecule has 2 aromatic heterocycles. The van der Waals surface area contributed by atoms with Crippen LogP contribution in [-0.2, 0) is 27.1 Å². The fourth-order valence-electron chi connectivity index (χ4n) is 3.56. The lowest BCUT2D eigenvalue weighted by Gasteiger charge is -2.34. The van der Waals surface area contributed by atoms with E-state index >= 15 is 0 Å². The number of likely N-dealkylation sites (tertiary alicyclic amines) is 1. The highest BCUT2D eigenvalue weighted by atomic mass is 35.5. The van der Waals surface area contributed by atoms with Gasteiger partial charge in [0.15, 0.2) is 0 Å². The third-order valence-corrected chi connectivity index (χ3v) is 5.54. The largest absolute Gasteiger partial charge is 0.385 e. The third-order valence-electron chi connectivity index (χ3n) is 5.07. The Bertz CT molecular complexity index is 687. The SMILES string of the molecule is CCc1nn(C)c(Cl)c1CN1CCC(C(O)c2nccn2C)CC1. The summed E-state index contributed by atoms with van der Waals surface area (Å²) in [5, 5.41) is 15.8. The minimum Gasteiger partial charge on any atom is -0.385 e. The first kappa shape index (κ1) is 17.5. The number of hydrogen-bond donors (Lipinski definition) is 1. The fraction of sp³-hybridized carbons (Fsp3) is 0.647. The van der Waals surface area contributed by atoms with E-state index in [-0.39, 0.29) is 5.92 Å². The summed E-state index contributed by atoms with van der Waals surface area (Å²) in [6.45, 7) is 4.86. The zero-order valence-electron chi connectivity index (χ0n) is 14.6. The Morgan fingerprint density at radius 1 is 1.33 bits per heavy atom. The molecule has 24 heavy (non-hydrogen) atoms. The molecular formula is C17H26ClN5O. The van der Waals surface area contributed by atoms with Crippen LogP contribution < -0.4 is 0 Å². The molecule has 1 N–H and O–H groups in total. The van der Waals surface area contributed by atoms with Crippen molar-refractivity contribution < 1.29 is 5.11 Å². The van der Waals surface area contributed by atoms with Crippen LogP contribution in [0.1, 0.15) is 43.0 Å². The Balaban J connectivity index is 1.61. The summed E-state index contributed by atoms with van der Waals surface area (Å²) in [6.07, 6.45) is 5.96. The highest BCUT2D eigenvalue weighted by molar-refractivity contribution is 6.30. The second-order valence-electron chi connectivity index (χ2n) is 6.65. The number of hydrogen-bond acceptors (Lipinski definition) is 4. The molecule has 3 heterocycles. The van der Waals surface area contributed by atoms with Crippen LogP contribution in [0.25, 0.3) is 0 Å². The Labute approximate surface area is 148 Å². The molecule has 132 valence electrons. The van der Waals surface area contributed by atoms with Crippen molar-refractivity contribution in [3.05, 3.63) is 34.6 Å². The third kappa shape index (κ3) is 3.36. The Kier molecular flexibility index (Phi) is 5.27. The number of nitrogens with zero attached hydrogens (tertiary/aromatic N) is 5. The number of aliphatic hydroxyl groups is 1. The first-order valence-electron chi connectivity index (χ1n) is 8.59. The minimum absolute atomic E-state index is 0.261. The van der Waals surface area contributed by atoms with E-state index in [0.29, 0.717) is 0 Å². The van der Waals surface area contributed by atoms with Crippen molar-refractivity contribution in [2.24, 2.45) is 20.0 Å². The van der Waals surface area contributed by atoms with Crippen LogP contribution in [0.2, 0.25) is 5.15 Å². The van der Waals surface area contributed by atoms with Gasteiger partial charge in [-0.05, 0) is 38.3 Å². The lowest BCUT2D eigenvalue weighted by Crippen LogP contribution is -2.35. The predicted molar refractivity (Wildman–Crippen MR) is 93.8 cm³/mol. The van der Waals surface area contributed by atoms with E-state index < -0.39 is 6.10 Å². The molecule has 0 bridgehead atoms. The van der Waals surface area contributed by atoms with Crippen LogP contribution in [0.5, 0.6) is 0 Å². The maximum Gasteiger partial charge on any atom is 0.137 e. The van der Waals surface area contributed by atoms with Crippen LogP contribution in [0.3, 0.4) is 0 Å². The molecule has 1 atom stereocenters. The average Bonchev–Trinajstić information content (AvgIpc) is 3.13. The Morgan fingerprint density at radius 3 is 2.62 bits per heavy atom. The molecular weight excluding hydrogens is 326 g/mol. The molecule has 0 spiro atoms. The van der Waals surface area contributed by atoms with Crippen LogP contribution >= 0.6 is 11.6 Å². The molecule has 1 unspecified atom stereocenters. The molecule has 0 aliphatic carbocycles. The molecule has 6 nitrogen and oxygen atoms in total. The zero-order valence-corrected chi connectivity index (χ0v) is 15.4. The van der Waals surface area contributed by atoms with Crippen molar-refractivity contribution in [2.75, 3.05) is 13.1 Å².